The average molecular weight is 541 g/mol. The molecule has 0 radical (unpaired) electrons. The number of nitrogens with zero attached hydrogens (tertiary/aromatic N) is 5. The topological polar surface area (TPSA) is 122 Å². The van der Waals surface area contributed by atoms with Crippen molar-refractivity contribution >= 4 is 29.7 Å². The van der Waals surface area contributed by atoms with E-state index in [9.17, 15) is 22.8 Å². The van der Waals surface area contributed by atoms with Crippen molar-refractivity contribution in [3.63, 3.8) is 0 Å². The number of aliphatic imine (C=N–C) groups is 2. The number of hydrogen-bond donors (Lipinski definition) is 2. The summed E-state index contributed by atoms with van der Waals surface area (Å²) in [6, 6.07) is 7.98. The summed E-state index contributed by atoms with van der Waals surface area (Å²) >= 11 is 0. The van der Waals surface area contributed by atoms with Crippen LogP contribution in [-0.2, 0) is 15.7 Å². The highest BCUT2D eigenvalue weighted by molar-refractivity contribution is 6.05. The largest absolute Gasteiger partial charge is 0.469 e. The molecule has 0 aliphatic carbocycles. The molecule has 1 fully saturated rings. The van der Waals surface area contributed by atoms with Crippen LogP contribution < -0.4 is 11.2 Å². The third-order valence-electron chi connectivity index (χ3n) is 6.76. The van der Waals surface area contributed by atoms with Crippen molar-refractivity contribution in [2.75, 3.05) is 25.5 Å². The van der Waals surface area contributed by atoms with Crippen molar-refractivity contribution in [2.45, 2.75) is 19.0 Å². The van der Waals surface area contributed by atoms with Gasteiger partial charge >= 0.3 is 12.1 Å². The number of aromatic nitrogens is 1. The Morgan fingerprint density at radius 3 is 2.69 bits per heavy atom. The molecule has 2 atom stereocenters. The standard InChI is InChI=1S/C26H24F3N7O3/c1-39-25(38)18-3-2-11-35(15-18)22-20-14-31-10-12-36(20,30)23(34-22)16-4-6-17(7-5-16)24(37)33-21-13-19(8-9-32-21)26(27,28)29/h4-10,12-14,18H,2-3,11,15,30H2,1H3/p+1. The number of carbonyl (C=O) groups is 2. The van der Waals surface area contributed by atoms with Gasteiger partial charge < -0.3 is 15.0 Å². The third kappa shape index (κ3) is 5.05. The molecule has 1 saturated heterocycles. The number of likely N-dealkylation sites (tertiary alicyclic amines) is 1. The van der Waals surface area contributed by atoms with Crippen molar-refractivity contribution in [3.8, 4) is 0 Å². The summed E-state index contributed by atoms with van der Waals surface area (Å²) in [5.74, 6) is 6.48. The molecule has 1 aromatic heterocycles. The number of esters is 1. The fourth-order valence-electron chi connectivity index (χ4n) is 4.76. The molecule has 10 nitrogen and oxygen atoms in total. The van der Waals surface area contributed by atoms with E-state index in [1.54, 1.807) is 30.7 Å². The summed E-state index contributed by atoms with van der Waals surface area (Å²) in [4.78, 5) is 39.7. The Balaban J connectivity index is 1.38. The summed E-state index contributed by atoms with van der Waals surface area (Å²) < 4.78 is 43.6. The zero-order valence-electron chi connectivity index (χ0n) is 20.9. The number of amidine groups is 1. The van der Waals surface area contributed by atoms with Crippen LogP contribution in [0.5, 0.6) is 0 Å². The van der Waals surface area contributed by atoms with Crippen LogP contribution in [0.25, 0.3) is 0 Å². The molecule has 0 saturated carbocycles. The number of hydrogen-bond acceptors (Lipinski definition) is 8. The third-order valence-corrected chi connectivity index (χ3v) is 6.76. The number of alkyl halides is 3. The van der Waals surface area contributed by atoms with Crippen LogP contribution >= 0.6 is 0 Å². The number of amides is 1. The second-order valence-electron chi connectivity index (χ2n) is 9.27. The number of fused-ring (bicyclic) bond motifs is 1. The van der Waals surface area contributed by atoms with Crippen LogP contribution in [0, 0.1) is 5.92 Å². The van der Waals surface area contributed by atoms with E-state index in [1.807, 2.05) is 4.90 Å². The Morgan fingerprint density at radius 1 is 1.21 bits per heavy atom. The van der Waals surface area contributed by atoms with Crippen LogP contribution in [0.2, 0.25) is 0 Å². The lowest BCUT2D eigenvalue weighted by molar-refractivity contribution is -0.750. The van der Waals surface area contributed by atoms with Gasteiger partial charge in [0.1, 0.15) is 12.0 Å². The lowest BCUT2D eigenvalue weighted by atomic mass is 9.98. The number of pyridine rings is 1. The smallest absolute Gasteiger partial charge is 0.416 e. The molecule has 202 valence electrons. The minimum absolute atomic E-state index is 0.209. The first-order valence-corrected chi connectivity index (χ1v) is 12.1. The van der Waals surface area contributed by atoms with E-state index in [0.717, 1.165) is 31.2 Å². The monoisotopic (exact) mass is 540 g/mol. The molecule has 1 aromatic carbocycles. The van der Waals surface area contributed by atoms with E-state index < -0.39 is 17.6 Å². The Bertz CT molecular complexity index is 1430. The summed E-state index contributed by atoms with van der Waals surface area (Å²) in [5.41, 5.74) is 0.556. The maximum Gasteiger partial charge on any atom is 0.416 e. The van der Waals surface area contributed by atoms with Crippen LogP contribution in [-0.4, -0.2) is 58.6 Å². The first kappa shape index (κ1) is 26.3. The summed E-state index contributed by atoms with van der Waals surface area (Å²) in [5, 5.41) is 2.39. The molecule has 4 heterocycles. The Kier molecular flexibility index (Phi) is 6.78. The molecule has 2 unspecified atom stereocenters. The fourth-order valence-corrected chi connectivity index (χ4v) is 4.76. The zero-order valence-corrected chi connectivity index (χ0v) is 20.9. The highest BCUT2D eigenvalue weighted by Gasteiger charge is 2.46. The molecule has 13 heteroatoms. The molecule has 0 bridgehead atoms. The normalized spacial score (nSPS) is 22.4. The fraction of sp³-hybridized carbons (Fsp3) is 0.269. The van der Waals surface area contributed by atoms with E-state index in [2.05, 4.69) is 15.3 Å². The van der Waals surface area contributed by atoms with Gasteiger partial charge in [-0.05, 0) is 49.2 Å². The van der Waals surface area contributed by atoms with E-state index >= 15 is 0 Å². The first-order valence-electron chi connectivity index (χ1n) is 12.1. The van der Waals surface area contributed by atoms with Gasteiger partial charge in [0.05, 0.1) is 36.6 Å². The SMILES string of the molecule is COC(=O)C1CCCN(C2=C3C=NC=C[N+]3(N)C(c3ccc(C(=O)Nc4cc(C(F)(F)F)ccn4)cc3)=N2)C1. The van der Waals surface area contributed by atoms with Gasteiger partial charge in [0.15, 0.2) is 0 Å². The molecule has 2 aromatic rings. The number of nitrogens with two attached hydrogens (primary N) is 1. The highest BCUT2D eigenvalue weighted by atomic mass is 19.4. The van der Waals surface area contributed by atoms with Crippen molar-refractivity contribution < 1.29 is 32.1 Å². The number of ether oxygens (including phenoxy) is 1. The van der Waals surface area contributed by atoms with Gasteiger partial charge in [-0.3, -0.25) is 14.6 Å². The van der Waals surface area contributed by atoms with E-state index in [1.165, 1.54) is 19.2 Å². The Labute approximate surface area is 221 Å². The predicted octanol–water partition coefficient (Wildman–Crippen LogP) is 3.41. The number of quaternary nitrogens is 1. The Morgan fingerprint density at radius 2 is 1.97 bits per heavy atom. The van der Waals surface area contributed by atoms with Gasteiger partial charge in [0.2, 0.25) is 11.5 Å². The number of nitrogens with one attached hydrogen (secondary N) is 1. The van der Waals surface area contributed by atoms with E-state index in [4.69, 9.17) is 15.6 Å². The van der Waals surface area contributed by atoms with Gasteiger partial charge in [-0.2, -0.15) is 24.0 Å². The summed E-state index contributed by atoms with van der Waals surface area (Å²) in [6.07, 6.45) is 2.82. The van der Waals surface area contributed by atoms with Gasteiger partial charge in [0.25, 0.3) is 11.7 Å². The molecule has 5 rings (SSSR count). The second kappa shape index (κ2) is 10.1. The average Bonchev–Trinajstić information content (AvgIpc) is 3.25. The number of rotatable bonds is 5. The maximum absolute atomic E-state index is 13.0. The van der Waals surface area contributed by atoms with E-state index in [-0.39, 0.29) is 27.9 Å². The molecule has 3 aliphatic rings. The number of allylic oxidation sites excluding steroid dienone is 1. The van der Waals surface area contributed by atoms with Gasteiger partial charge in [-0.15, -0.1) is 4.59 Å². The quantitative estimate of drug-likeness (QED) is 0.341. The lowest BCUT2D eigenvalue weighted by Gasteiger charge is -2.32. The zero-order chi connectivity index (χ0) is 27.8. The Hall–Kier alpha value is -4.36. The molecule has 3 N–H and O–H groups in total. The van der Waals surface area contributed by atoms with Crippen molar-refractivity contribution in [3.05, 3.63) is 83.2 Å². The van der Waals surface area contributed by atoms with Crippen LogP contribution in [0.1, 0.15) is 34.3 Å². The number of piperidine rings is 1. The minimum atomic E-state index is -4.55. The number of carbonyl (C=O) groups excluding carboxylic acids is 2. The van der Waals surface area contributed by atoms with Gasteiger partial charge in [-0.1, -0.05) is 0 Å². The number of anilines is 1. The van der Waals surface area contributed by atoms with Gasteiger partial charge in [-0.25, -0.2) is 4.98 Å². The number of benzene rings is 1. The second-order valence-corrected chi connectivity index (χ2v) is 9.27. The van der Waals surface area contributed by atoms with Crippen molar-refractivity contribution in [1.29, 1.82) is 0 Å². The molecule has 0 spiro atoms. The minimum Gasteiger partial charge on any atom is -0.469 e. The highest BCUT2D eigenvalue weighted by Crippen LogP contribution is 2.35. The number of methoxy groups -OCH3 is 1. The van der Waals surface area contributed by atoms with Crippen molar-refractivity contribution in [2.24, 2.45) is 21.7 Å². The van der Waals surface area contributed by atoms with Crippen LogP contribution in [0.4, 0.5) is 19.0 Å². The molecular weight excluding hydrogens is 515 g/mol. The van der Waals surface area contributed by atoms with Crippen LogP contribution in [0.15, 0.2) is 76.5 Å². The lowest BCUT2D eigenvalue weighted by Crippen LogP contribution is -2.53. The van der Waals surface area contributed by atoms with Crippen LogP contribution in [0.3, 0.4) is 0 Å². The van der Waals surface area contributed by atoms with E-state index in [0.29, 0.717) is 36.0 Å². The summed E-state index contributed by atoms with van der Waals surface area (Å²) in [7, 11) is 1.37. The molecule has 3 aliphatic heterocycles. The summed E-state index contributed by atoms with van der Waals surface area (Å²) in [6.45, 7) is 1.12. The van der Waals surface area contributed by atoms with Crippen molar-refractivity contribution in [1.82, 2.24) is 9.88 Å². The maximum atomic E-state index is 13.0. The molecule has 39 heavy (non-hydrogen) atoms. The first-order chi connectivity index (χ1) is 18.6. The predicted molar refractivity (Wildman–Crippen MR) is 136 cm³/mol. The molecule has 1 amide bonds. The molecular formula is C26H25F3N7O3+. The number of halogens is 3. The van der Waals surface area contributed by atoms with Gasteiger partial charge in [0, 0.05) is 24.8 Å².